The first kappa shape index (κ1) is 23.9. The van der Waals surface area contributed by atoms with Crippen molar-refractivity contribution in [3.05, 3.63) is 71.0 Å². The van der Waals surface area contributed by atoms with Crippen LogP contribution in [0.5, 0.6) is 0 Å². The third-order valence-corrected chi connectivity index (χ3v) is 5.86. The fraction of sp³-hybridized carbons (Fsp3) is 0.417. The molecule has 0 aliphatic carbocycles. The van der Waals surface area contributed by atoms with Crippen molar-refractivity contribution in [1.29, 1.82) is 0 Å². The summed E-state index contributed by atoms with van der Waals surface area (Å²) in [4.78, 5) is 27.1. The Balaban J connectivity index is 2.08. The monoisotopic (exact) mass is 430 g/mol. The van der Waals surface area contributed by atoms with Gasteiger partial charge in [-0.1, -0.05) is 56.3 Å². The molecule has 0 bridgehead atoms. The molecule has 0 aliphatic heterocycles. The van der Waals surface area contributed by atoms with E-state index in [1.54, 1.807) is 25.1 Å². The third kappa shape index (κ3) is 7.17. The van der Waals surface area contributed by atoms with Crippen LogP contribution in [0.3, 0.4) is 0 Å². The molecule has 0 saturated heterocycles. The highest BCUT2D eigenvalue weighted by Crippen LogP contribution is 2.19. The third-order valence-electron chi connectivity index (χ3n) is 4.89. The molecule has 1 N–H and O–H groups in total. The van der Waals surface area contributed by atoms with Crippen LogP contribution in [0.1, 0.15) is 37.5 Å². The number of thioether (sulfide) groups is 1. The average molecular weight is 431 g/mol. The van der Waals surface area contributed by atoms with Gasteiger partial charge in [-0.2, -0.15) is 0 Å². The molecule has 0 saturated carbocycles. The van der Waals surface area contributed by atoms with E-state index in [1.807, 2.05) is 45.0 Å². The Morgan fingerprint density at radius 2 is 1.67 bits per heavy atom. The number of hydrogen-bond donors (Lipinski definition) is 1. The normalized spacial score (nSPS) is 11.9. The maximum Gasteiger partial charge on any atom is 0.242 e. The summed E-state index contributed by atoms with van der Waals surface area (Å²) in [6.45, 7) is 8.36. The molecule has 0 radical (unpaired) electrons. The van der Waals surface area contributed by atoms with Crippen LogP contribution in [0.2, 0.25) is 0 Å². The Hall–Kier alpha value is -2.34. The van der Waals surface area contributed by atoms with Crippen molar-refractivity contribution in [3.63, 3.8) is 0 Å². The molecule has 1 atom stereocenters. The first-order valence-electron chi connectivity index (χ1n) is 10.2. The summed E-state index contributed by atoms with van der Waals surface area (Å²) in [6, 6.07) is 13.7. The highest BCUT2D eigenvalue weighted by Gasteiger charge is 2.26. The average Bonchev–Trinajstić information content (AvgIpc) is 2.72. The number of benzene rings is 2. The Bertz CT molecular complexity index is 857. The predicted octanol–water partition coefficient (Wildman–Crippen LogP) is 4.56. The van der Waals surface area contributed by atoms with E-state index < -0.39 is 6.04 Å². The smallest absolute Gasteiger partial charge is 0.242 e. The first-order chi connectivity index (χ1) is 14.3. The minimum absolute atomic E-state index is 0.0622. The van der Waals surface area contributed by atoms with Gasteiger partial charge in [-0.25, -0.2) is 4.39 Å². The van der Waals surface area contributed by atoms with E-state index in [2.05, 4.69) is 5.32 Å². The summed E-state index contributed by atoms with van der Waals surface area (Å²) in [7, 11) is 0. The van der Waals surface area contributed by atoms with E-state index >= 15 is 0 Å². The summed E-state index contributed by atoms with van der Waals surface area (Å²) in [5, 5.41) is 2.87. The van der Waals surface area contributed by atoms with Gasteiger partial charge in [0.1, 0.15) is 11.9 Å². The molecule has 162 valence electrons. The second kappa shape index (κ2) is 11.7. The lowest BCUT2D eigenvalue weighted by Gasteiger charge is -2.29. The van der Waals surface area contributed by atoms with Crippen molar-refractivity contribution in [2.24, 2.45) is 5.92 Å². The van der Waals surface area contributed by atoms with Gasteiger partial charge in [0, 0.05) is 24.4 Å². The van der Waals surface area contributed by atoms with Crippen LogP contribution in [-0.2, 0) is 21.9 Å². The standard InChI is InChI=1S/C24H31FN2O2S/c1-17(2)13-26-24(29)19(4)27(14-20-10-7-8-12-22(20)25)23(28)16-30-15-21-11-6-5-9-18(21)3/h5-12,17,19H,13-16H2,1-4H3,(H,26,29)/t19-/m1/s1. The number of nitrogens with one attached hydrogen (secondary N) is 1. The predicted molar refractivity (Wildman–Crippen MR) is 122 cm³/mol. The van der Waals surface area contributed by atoms with E-state index in [-0.39, 0.29) is 29.9 Å². The van der Waals surface area contributed by atoms with Gasteiger partial charge in [0.2, 0.25) is 11.8 Å². The Morgan fingerprint density at radius 1 is 1.03 bits per heavy atom. The minimum atomic E-state index is -0.685. The molecule has 0 aromatic heterocycles. The maximum absolute atomic E-state index is 14.2. The Labute approximate surface area is 183 Å². The molecular weight excluding hydrogens is 399 g/mol. The lowest BCUT2D eigenvalue weighted by molar-refractivity contribution is -0.138. The van der Waals surface area contributed by atoms with Crippen LogP contribution in [0, 0.1) is 18.7 Å². The molecule has 30 heavy (non-hydrogen) atoms. The van der Waals surface area contributed by atoms with Crippen LogP contribution in [0.4, 0.5) is 4.39 Å². The molecule has 0 heterocycles. The second-order valence-electron chi connectivity index (χ2n) is 7.85. The molecule has 0 unspecified atom stereocenters. The number of halogens is 1. The molecule has 2 amide bonds. The summed E-state index contributed by atoms with van der Waals surface area (Å²) >= 11 is 1.50. The zero-order chi connectivity index (χ0) is 22.1. The SMILES string of the molecule is Cc1ccccc1CSCC(=O)N(Cc1ccccc1F)[C@H](C)C(=O)NCC(C)C. The second-order valence-corrected chi connectivity index (χ2v) is 8.83. The Morgan fingerprint density at radius 3 is 2.30 bits per heavy atom. The van der Waals surface area contributed by atoms with Crippen molar-refractivity contribution < 1.29 is 14.0 Å². The van der Waals surface area contributed by atoms with Crippen molar-refractivity contribution in [3.8, 4) is 0 Å². The van der Waals surface area contributed by atoms with Gasteiger partial charge in [-0.15, -0.1) is 11.8 Å². The van der Waals surface area contributed by atoms with E-state index in [4.69, 9.17) is 0 Å². The van der Waals surface area contributed by atoms with E-state index in [1.165, 1.54) is 33.9 Å². The van der Waals surface area contributed by atoms with Gasteiger partial charge >= 0.3 is 0 Å². The number of amides is 2. The van der Waals surface area contributed by atoms with Gasteiger partial charge in [-0.3, -0.25) is 9.59 Å². The zero-order valence-corrected chi connectivity index (χ0v) is 19.0. The van der Waals surface area contributed by atoms with E-state index in [0.29, 0.717) is 23.8 Å². The quantitative estimate of drug-likeness (QED) is 0.601. The van der Waals surface area contributed by atoms with Crippen LogP contribution in [0.25, 0.3) is 0 Å². The molecular formula is C24H31FN2O2S. The van der Waals surface area contributed by atoms with E-state index in [9.17, 15) is 14.0 Å². The molecule has 0 aliphatic rings. The number of aryl methyl sites for hydroxylation is 1. The zero-order valence-electron chi connectivity index (χ0n) is 18.2. The highest BCUT2D eigenvalue weighted by molar-refractivity contribution is 7.99. The van der Waals surface area contributed by atoms with Crippen molar-refractivity contribution in [2.75, 3.05) is 12.3 Å². The molecule has 2 aromatic carbocycles. The lowest BCUT2D eigenvalue weighted by Crippen LogP contribution is -2.48. The van der Waals surface area contributed by atoms with Gasteiger partial charge in [0.15, 0.2) is 0 Å². The lowest BCUT2D eigenvalue weighted by atomic mass is 10.1. The number of hydrogen-bond acceptors (Lipinski definition) is 3. The molecule has 6 heteroatoms. The minimum Gasteiger partial charge on any atom is -0.354 e. The van der Waals surface area contributed by atoms with Gasteiger partial charge in [-0.05, 0) is 37.0 Å². The van der Waals surface area contributed by atoms with Crippen LogP contribution < -0.4 is 5.32 Å². The van der Waals surface area contributed by atoms with Crippen LogP contribution >= 0.6 is 11.8 Å². The summed E-state index contributed by atoms with van der Waals surface area (Å²) in [6.07, 6.45) is 0. The number of rotatable bonds is 10. The number of nitrogens with zero attached hydrogens (tertiary/aromatic N) is 1. The molecule has 2 aromatic rings. The van der Waals surface area contributed by atoms with Crippen molar-refractivity contribution >= 4 is 23.6 Å². The topological polar surface area (TPSA) is 49.4 Å². The molecule has 0 spiro atoms. The number of carbonyl (C=O) groups is 2. The molecule has 2 rings (SSSR count). The molecule has 4 nitrogen and oxygen atoms in total. The summed E-state index contributed by atoms with van der Waals surface area (Å²) in [5.74, 6) is 0.463. The van der Waals surface area contributed by atoms with Gasteiger partial charge in [0.25, 0.3) is 0 Å². The van der Waals surface area contributed by atoms with Gasteiger partial charge in [0.05, 0.1) is 5.75 Å². The van der Waals surface area contributed by atoms with Crippen molar-refractivity contribution in [2.45, 2.75) is 46.0 Å². The van der Waals surface area contributed by atoms with E-state index in [0.717, 1.165) is 0 Å². The van der Waals surface area contributed by atoms with Crippen LogP contribution in [-0.4, -0.2) is 35.1 Å². The fourth-order valence-corrected chi connectivity index (χ4v) is 3.93. The summed E-state index contributed by atoms with van der Waals surface area (Å²) in [5.41, 5.74) is 2.76. The fourth-order valence-electron chi connectivity index (χ4n) is 2.95. The Kier molecular flexibility index (Phi) is 9.37. The largest absolute Gasteiger partial charge is 0.354 e. The first-order valence-corrected chi connectivity index (χ1v) is 11.4. The van der Waals surface area contributed by atoms with Crippen molar-refractivity contribution in [1.82, 2.24) is 10.2 Å². The number of carbonyl (C=O) groups excluding carboxylic acids is 2. The van der Waals surface area contributed by atoms with Crippen LogP contribution in [0.15, 0.2) is 48.5 Å². The van der Waals surface area contributed by atoms with Gasteiger partial charge < -0.3 is 10.2 Å². The maximum atomic E-state index is 14.2. The summed E-state index contributed by atoms with van der Waals surface area (Å²) < 4.78 is 14.2. The molecule has 0 fully saturated rings. The highest BCUT2D eigenvalue weighted by atomic mass is 32.2.